The molecule has 0 aromatic rings. The van der Waals surface area contributed by atoms with Gasteiger partial charge in [-0.3, -0.25) is 9.83 Å². The molecule has 0 saturated heterocycles. The van der Waals surface area contributed by atoms with E-state index in [1.165, 1.54) is 6.04 Å². The lowest BCUT2D eigenvalue weighted by atomic mass is 10.2. The van der Waals surface area contributed by atoms with Crippen LogP contribution in [0, 0.1) is 0 Å². The van der Waals surface area contributed by atoms with Gasteiger partial charge in [0.1, 0.15) is 0 Å². The molecule has 2 N–H and O–H groups in total. The van der Waals surface area contributed by atoms with E-state index < -0.39 is 0 Å². The third kappa shape index (κ3) is 8.41. The van der Waals surface area contributed by atoms with Gasteiger partial charge >= 0.3 is 0 Å². The quantitative estimate of drug-likeness (QED) is 0.270. The minimum atomic E-state index is -0.202. The average Bonchev–Trinajstić information content (AvgIpc) is 2.06. The Morgan fingerprint density at radius 3 is 2.58 bits per heavy atom. The lowest BCUT2D eigenvalue weighted by molar-refractivity contribution is -0.138. The van der Waals surface area contributed by atoms with Crippen LogP contribution in [-0.4, -0.2) is 35.8 Å². The molecule has 3 nitrogen and oxygen atoms in total. The van der Waals surface area contributed by atoms with Gasteiger partial charge in [-0.2, -0.15) is 0 Å². The number of rotatable bonds is 8. The van der Waals surface area contributed by atoms with Crippen LogP contribution in [-0.2, 0) is 4.58 Å². The van der Waals surface area contributed by atoms with Gasteiger partial charge in [0.15, 0.2) is 0 Å². The predicted molar refractivity (Wildman–Crippen MR) is 50.6 cm³/mol. The third-order valence-corrected chi connectivity index (χ3v) is 3.31. The average molecular weight is 204 g/mol. The van der Waals surface area contributed by atoms with Gasteiger partial charge in [-0.15, -0.1) is 0 Å². The van der Waals surface area contributed by atoms with Crippen LogP contribution in [0.25, 0.3) is 0 Å². The Morgan fingerprint density at radius 2 is 2.00 bits per heavy atom. The molecule has 1 unspecified atom stereocenters. The summed E-state index contributed by atoms with van der Waals surface area (Å²) in [5.74, 6) is 0. The molecule has 0 saturated carbocycles. The van der Waals surface area contributed by atoms with Gasteiger partial charge < -0.3 is 5.11 Å². The lowest BCUT2D eigenvalue weighted by Crippen LogP contribution is -2.09. The second kappa shape index (κ2) is 9.40. The van der Waals surface area contributed by atoms with E-state index in [4.69, 9.17) is 5.26 Å². The zero-order valence-electron chi connectivity index (χ0n) is 7.42. The molecule has 4 radical (unpaired) electrons. The van der Waals surface area contributed by atoms with Gasteiger partial charge in [-0.25, -0.2) is 0 Å². The Bertz CT molecular complexity index is 82.7. The van der Waals surface area contributed by atoms with E-state index in [1.807, 2.05) is 0 Å². The molecule has 0 spiro atoms. The topological polar surface area (TPSA) is 49.7 Å². The molecule has 0 amide bonds. The van der Waals surface area contributed by atoms with Crippen molar-refractivity contribution in [1.29, 1.82) is 0 Å². The molecule has 0 heterocycles. The summed E-state index contributed by atoms with van der Waals surface area (Å²) in [4.78, 5) is 0. The van der Waals surface area contributed by atoms with E-state index in [0.717, 1.165) is 34.4 Å². The largest absolute Gasteiger partial charge is 0.393 e. The predicted octanol–water partition coefficient (Wildman–Crippen LogP) is 1.22. The van der Waals surface area contributed by atoms with Crippen molar-refractivity contribution in [3.63, 3.8) is 0 Å². The molecule has 0 aliphatic heterocycles. The van der Waals surface area contributed by atoms with Crippen molar-refractivity contribution in [1.82, 2.24) is 0 Å². The number of hydrogen-bond donors (Lipinski definition) is 2. The van der Waals surface area contributed by atoms with Crippen LogP contribution >= 0.6 is 0 Å². The highest BCUT2D eigenvalue weighted by Crippen LogP contribution is 2.05. The summed E-state index contributed by atoms with van der Waals surface area (Å²) in [6, 6.07) is 3.10. The zero-order valence-corrected chi connectivity index (χ0v) is 9.42. The van der Waals surface area contributed by atoms with Gasteiger partial charge in [0.2, 0.25) is 0 Å². The summed E-state index contributed by atoms with van der Waals surface area (Å²) in [7, 11) is 1.09. The Kier molecular flexibility index (Phi) is 9.65. The van der Waals surface area contributed by atoms with E-state index >= 15 is 0 Å². The molecule has 0 rings (SSSR count). The first-order valence-corrected chi connectivity index (χ1v) is 6.76. The van der Waals surface area contributed by atoms with Crippen molar-refractivity contribution in [2.45, 2.75) is 44.0 Å². The molecule has 0 bridgehead atoms. The Balaban J connectivity index is 3.04. The smallest absolute Gasteiger partial charge is 0.282 e. The first kappa shape index (κ1) is 12.3. The molecule has 0 aliphatic carbocycles. The van der Waals surface area contributed by atoms with E-state index in [-0.39, 0.29) is 15.9 Å². The van der Waals surface area contributed by atoms with Crippen LogP contribution in [0.3, 0.4) is 0 Å². The first-order valence-electron chi connectivity index (χ1n) is 4.23. The van der Waals surface area contributed by atoms with Gasteiger partial charge in [0, 0.05) is 9.52 Å². The summed E-state index contributed by atoms with van der Waals surface area (Å²) >= 11 is 0. The van der Waals surface area contributed by atoms with Crippen molar-refractivity contribution in [2.75, 3.05) is 0 Å². The van der Waals surface area contributed by atoms with E-state index in [2.05, 4.69) is 11.5 Å². The molecule has 0 aliphatic rings. The maximum Gasteiger partial charge on any atom is 0.282 e. The Morgan fingerprint density at radius 1 is 1.33 bits per heavy atom. The van der Waals surface area contributed by atoms with Gasteiger partial charge in [0.25, 0.3) is 9.76 Å². The Labute approximate surface area is 78.8 Å². The van der Waals surface area contributed by atoms with Crippen LogP contribution in [0.2, 0.25) is 18.1 Å². The number of aliphatic hydroxyl groups excluding tert-OH is 1. The molecular formula is C7H16O3Si2. The van der Waals surface area contributed by atoms with Crippen molar-refractivity contribution in [3.05, 3.63) is 0 Å². The molecule has 0 aromatic heterocycles. The normalized spacial score (nSPS) is 13.2. The summed E-state index contributed by atoms with van der Waals surface area (Å²) in [5.41, 5.74) is 0. The fourth-order valence-corrected chi connectivity index (χ4v) is 2.29. The van der Waals surface area contributed by atoms with Gasteiger partial charge in [0.05, 0.1) is 6.10 Å². The summed E-state index contributed by atoms with van der Waals surface area (Å²) in [5, 5.41) is 17.4. The van der Waals surface area contributed by atoms with Crippen LogP contribution in [0.4, 0.5) is 0 Å². The highest BCUT2D eigenvalue weighted by Gasteiger charge is 2.03. The summed E-state index contributed by atoms with van der Waals surface area (Å²) < 4.78 is 3.94. The first-order chi connectivity index (χ1) is 5.81. The second-order valence-corrected chi connectivity index (χ2v) is 5.25. The van der Waals surface area contributed by atoms with Crippen LogP contribution in [0.15, 0.2) is 0 Å². The van der Waals surface area contributed by atoms with Crippen LogP contribution in [0.1, 0.15) is 19.8 Å². The molecule has 12 heavy (non-hydrogen) atoms. The van der Waals surface area contributed by atoms with Crippen LogP contribution in [0.5, 0.6) is 0 Å². The highest BCUT2D eigenvalue weighted by molar-refractivity contribution is 6.35. The van der Waals surface area contributed by atoms with Crippen molar-refractivity contribution < 1.29 is 14.9 Å². The zero-order chi connectivity index (χ0) is 9.23. The molecular weight excluding hydrogens is 188 g/mol. The van der Waals surface area contributed by atoms with Crippen molar-refractivity contribution in [3.8, 4) is 0 Å². The molecule has 1 atom stereocenters. The SMILES string of the molecule is CC[Si]CCC(O)CC[Si]OO. The lowest BCUT2D eigenvalue weighted by Gasteiger charge is -2.07. The van der Waals surface area contributed by atoms with Crippen molar-refractivity contribution in [2.24, 2.45) is 0 Å². The molecule has 0 aromatic carbocycles. The fourth-order valence-electron chi connectivity index (χ4n) is 0.861. The minimum Gasteiger partial charge on any atom is -0.393 e. The number of hydrogen-bond acceptors (Lipinski definition) is 3. The highest BCUT2D eigenvalue weighted by atomic mass is 28.2. The maximum atomic E-state index is 9.37. The summed E-state index contributed by atoms with van der Waals surface area (Å²) in [6.07, 6.45) is 1.43. The fraction of sp³-hybridized carbons (Fsp3) is 1.00. The molecule has 5 heteroatoms. The van der Waals surface area contributed by atoms with Crippen LogP contribution < -0.4 is 0 Å². The monoisotopic (exact) mass is 204 g/mol. The third-order valence-electron chi connectivity index (χ3n) is 1.55. The van der Waals surface area contributed by atoms with E-state index in [1.54, 1.807) is 0 Å². The van der Waals surface area contributed by atoms with Gasteiger partial charge in [-0.1, -0.05) is 19.0 Å². The molecule has 70 valence electrons. The molecule has 0 fully saturated rings. The van der Waals surface area contributed by atoms with Gasteiger partial charge in [-0.05, 0) is 18.9 Å². The van der Waals surface area contributed by atoms with Crippen molar-refractivity contribution >= 4 is 19.3 Å². The standard InChI is InChI=1S/C7H16O3Si2/c1-2-11-5-3-7(8)4-6-12-10-9/h7-9H,2-6H2,1H3. The Hall–Kier alpha value is 0.314. The van der Waals surface area contributed by atoms with E-state index in [9.17, 15) is 5.11 Å². The van der Waals surface area contributed by atoms with E-state index in [0.29, 0.717) is 0 Å². The summed E-state index contributed by atoms with van der Waals surface area (Å²) in [6.45, 7) is 2.16. The number of aliphatic hydroxyl groups is 1. The maximum absolute atomic E-state index is 9.37. The minimum absolute atomic E-state index is 0.111. The second-order valence-electron chi connectivity index (χ2n) is 2.57.